The highest BCUT2D eigenvalue weighted by molar-refractivity contribution is 7.93. The third-order valence-corrected chi connectivity index (χ3v) is 12.7. The van der Waals surface area contributed by atoms with Crippen molar-refractivity contribution in [1.29, 1.82) is 0 Å². The van der Waals surface area contributed by atoms with E-state index >= 15 is 0 Å². The largest absolute Gasteiger partial charge is 0.493 e. The summed E-state index contributed by atoms with van der Waals surface area (Å²) in [5.74, 6) is 1.22. The Hall–Kier alpha value is -7.94. The number of nitrogens with one attached hydrogen (secondary N) is 2. The summed E-state index contributed by atoms with van der Waals surface area (Å²) in [6.45, 7) is 1.06. The summed E-state index contributed by atoms with van der Waals surface area (Å²) in [5, 5.41) is 11.6. The molecule has 10 rings (SSSR count). The maximum absolute atomic E-state index is 13.1. The number of carbonyl (C=O) groups excluding carboxylic acids is 1. The quantitative estimate of drug-likeness (QED) is 0.120. The van der Waals surface area contributed by atoms with Crippen molar-refractivity contribution in [2.24, 2.45) is 0 Å². The number of sulfonamides is 1. The molecule has 0 spiro atoms. The maximum atomic E-state index is 13.1. The van der Waals surface area contributed by atoms with Crippen molar-refractivity contribution in [3.05, 3.63) is 235 Å². The van der Waals surface area contributed by atoms with Gasteiger partial charge in [-0.15, -0.1) is 0 Å². The molecule has 0 radical (unpaired) electrons. The van der Waals surface area contributed by atoms with E-state index in [0.29, 0.717) is 41.3 Å². The molecule has 0 saturated carbocycles. The number of hydrogen-bond donors (Lipinski definition) is 2. The molecule has 10 aromatic carbocycles. The molecule has 2 N–H and O–H groups in total. The van der Waals surface area contributed by atoms with Crippen molar-refractivity contribution in [2.45, 2.75) is 17.7 Å². The summed E-state index contributed by atoms with van der Waals surface area (Å²) < 4.78 is 40.8. The van der Waals surface area contributed by atoms with Crippen molar-refractivity contribution in [2.75, 3.05) is 23.3 Å². The number of hydrogen-bond acceptors (Lipinski definition) is 5. The van der Waals surface area contributed by atoms with E-state index in [0.717, 1.165) is 34.7 Å². The molecule has 0 bridgehead atoms. The minimum absolute atomic E-state index is 0.136. The third kappa shape index (κ3) is 10.3. The third-order valence-electron chi connectivity index (χ3n) is 11.3. The Balaban J connectivity index is 0.000000164. The van der Waals surface area contributed by atoms with Crippen molar-refractivity contribution in [3.8, 4) is 11.5 Å². The van der Waals surface area contributed by atoms with Gasteiger partial charge >= 0.3 is 0 Å². The molecule has 10 aromatic rings. The molecule has 0 aliphatic carbocycles. The van der Waals surface area contributed by atoms with Crippen LogP contribution in [0.2, 0.25) is 0 Å². The molecular weight excluding hydrogens is 825 g/mol. The molecule has 1 amide bonds. The van der Waals surface area contributed by atoms with Gasteiger partial charge in [0.1, 0.15) is 11.5 Å². The Morgan fingerprint density at radius 2 is 0.877 bits per heavy atom. The molecule has 0 saturated heterocycles. The minimum Gasteiger partial charge on any atom is -0.493 e. The van der Waals surface area contributed by atoms with Crippen molar-refractivity contribution in [3.63, 3.8) is 0 Å². The fraction of sp³-hybridized carbons (Fsp3) is 0.0702. The molecule has 0 atom stereocenters. The molecule has 0 heterocycles. The fourth-order valence-corrected chi connectivity index (χ4v) is 9.35. The number of benzene rings is 10. The van der Waals surface area contributed by atoms with Crippen LogP contribution in [0.4, 0.5) is 11.4 Å². The SMILES string of the molecule is O=C(Nc1cccc(OCCc2cccc3ccccc23)c1)c1ccc2ccccc2c1.O=S(=O)(Nc1cccc(OCCc2cccc3ccccc23)c1)c1cccc2ccccc12. The maximum Gasteiger partial charge on any atom is 0.262 e. The van der Waals surface area contributed by atoms with Gasteiger partial charge in [0.15, 0.2) is 0 Å². The van der Waals surface area contributed by atoms with E-state index in [1.807, 2.05) is 115 Å². The Bertz CT molecular complexity index is 3390. The number of fused-ring (bicyclic) bond motifs is 4. The molecule has 0 aliphatic rings. The summed E-state index contributed by atoms with van der Waals surface area (Å²) in [5.41, 5.74) is 4.30. The molecule has 320 valence electrons. The summed E-state index contributed by atoms with van der Waals surface area (Å²) >= 11 is 0. The second kappa shape index (κ2) is 19.6. The lowest BCUT2D eigenvalue weighted by Gasteiger charge is -2.12. The van der Waals surface area contributed by atoms with Gasteiger partial charge in [0.05, 0.1) is 23.8 Å². The Morgan fingerprint density at radius 3 is 1.49 bits per heavy atom. The second-order valence-corrected chi connectivity index (χ2v) is 17.3. The van der Waals surface area contributed by atoms with E-state index in [-0.39, 0.29) is 10.8 Å². The van der Waals surface area contributed by atoms with Crippen LogP contribution in [0, 0.1) is 0 Å². The first-order chi connectivity index (χ1) is 31.9. The first kappa shape index (κ1) is 42.4. The van der Waals surface area contributed by atoms with Crippen LogP contribution in [0.3, 0.4) is 0 Å². The van der Waals surface area contributed by atoms with Crippen molar-refractivity contribution >= 4 is 70.4 Å². The van der Waals surface area contributed by atoms with Gasteiger partial charge in [-0.1, -0.05) is 164 Å². The highest BCUT2D eigenvalue weighted by Gasteiger charge is 2.18. The fourth-order valence-electron chi connectivity index (χ4n) is 8.07. The molecule has 8 heteroatoms. The van der Waals surface area contributed by atoms with Crippen LogP contribution >= 0.6 is 0 Å². The Labute approximate surface area is 379 Å². The van der Waals surface area contributed by atoms with Gasteiger partial charge in [0.25, 0.3) is 15.9 Å². The van der Waals surface area contributed by atoms with E-state index in [2.05, 4.69) is 82.8 Å². The van der Waals surface area contributed by atoms with Crippen molar-refractivity contribution in [1.82, 2.24) is 0 Å². The molecule has 7 nitrogen and oxygen atoms in total. The van der Waals surface area contributed by atoms with Gasteiger partial charge in [-0.3, -0.25) is 9.52 Å². The van der Waals surface area contributed by atoms with Gasteiger partial charge in [0, 0.05) is 41.6 Å². The highest BCUT2D eigenvalue weighted by atomic mass is 32.2. The smallest absolute Gasteiger partial charge is 0.262 e. The molecule has 65 heavy (non-hydrogen) atoms. The Kier molecular flexibility index (Phi) is 12.8. The number of anilines is 2. The van der Waals surface area contributed by atoms with Crippen LogP contribution in [0.5, 0.6) is 11.5 Å². The lowest BCUT2D eigenvalue weighted by Crippen LogP contribution is -2.13. The lowest BCUT2D eigenvalue weighted by molar-refractivity contribution is 0.102. The van der Waals surface area contributed by atoms with E-state index in [1.165, 1.54) is 32.7 Å². The molecule has 0 fully saturated rings. The molecular formula is C57H46N2O5S. The predicted molar refractivity (Wildman–Crippen MR) is 266 cm³/mol. The van der Waals surface area contributed by atoms with Gasteiger partial charge < -0.3 is 14.8 Å². The van der Waals surface area contributed by atoms with Crippen LogP contribution < -0.4 is 19.5 Å². The van der Waals surface area contributed by atoms with Gasteiger partial charge in [-0.2, -0.15) is 0 Å². The monoisotopic (exact) mass is 870 g/mol. The van der Waals surface area contributed by atoms with Crippen LogP contribution in [-0.4, -0.2) is 27.5 Å². The standard InChI is InChI=1S/C29H23NO2.C28H23NO3S/c31-29(25-16-15-21-7-1-2-9-24(21)19-25)30-26-12-6-13-27(20-26)32-18-17-23-11-5-10-22-8-3-4-14-28(22)23;30-33(31,28-17-6-12-22-9-2-4-16-27(22)28)29-24-13-7-14-25(20-24)32-19-18-23-11-5-10-21-8-1-3-15-26(21)23/h1-16,19-20H,17-18H2,(H,30,31);1-17,20,29H,18-19H2. The van der Waals surface area contributed by atoms with Gasteiger partial charge in [0.2, 0.25) is 0 Å². The van der Waals surface area contributed by atoms with Crippen LogP contribution in [0.25, 0.3) is 43.1 Å². The summed E-state index contributed by atoms with van der Waals surface area (Å²) in [7, 11) is -3.75. The first-order valence-corrected chi connectivity index (χ1v) is 23.0. The summed E-state index contributed by atoms with van der Waals surface area (Å²) in [6, 6.07) is 70.4. The molecule has 0 unspecified atom stereocenters. The predicted octanol–water partition coefficient (Wildman–Crippen LogP) is 13.3. The summed E-state index contributed by atoms with van der Waals surface area (Å²) in [4.78, 5) is 13.0. The lowest BCUT2D eigenvalue weighted by atomic mass is 10.0. The molecule has 0 aliphatic heterocycles. The topological polar surface area (TPSA) is 93.7 Å². The van der Waals surface area contributed by atoms with E-state index < -0.39 is 10.0 Å². The van der Waals surface area contributed by atoms with Crippen molar-refractivity contribution < 1.29 is 22.7 Å². The molecule has 0 aromatic heterocycles. The number of carbonyl (C=O) groups is 1. The average Bonchev–Trinajstić information content (AvgIpc) is 3.34. The van der Waals surface area contributed by atoms with E-state index in [9.17, 15) is 13.2 Å². The van der Waals surface area contributed by atoms with Gasteiger partial charge in [-0.25, -0.2) is 8.42 Å². The number of amides is 1. The van der Waals surface area contributed by atoms with Crippen LogP contribution in [0.1, 0.15) is 21.5 Å². The summed E-state index contributed by atoms with van der Waals surface area (Å²) in [6.07, 6.45) is 1.57. The normalized spacial score (nSPS) is 11.2. The number of ether oxygens (including phenoxy) is 2. The average molecular weight is 871 g/mol. The first-order valence-electron chi connectivity index (χ1n) is 21.6. The zero-order valence-electron chi connectivity index (χ0n) is 35.6. The van der Waals surface area contributed by atoms with Crippen LogP contribution in [-0.2, 0) is 22.9 Å². The van der Waals surface area contributed by atoms with E-state index in [1.54, 1.807) is 30.3 Å². The van der Waals surface area contributed by atoms with E-state index in [4.69, 9.17) is 9.47 Å². The van der Waals surface area contributed by atoms with Crippen LogP contribution in [0.15, 0.2) is 223 Å². The zero-order valence-corrected chi connectivity index (χ0v) is 36.4. The minimum atomic E-state index is -3.75. The second-order valence-electron chi connectivity index (χ2n) is 15.6. The van der Waals surface area contributed by atoms with Gasteiger partial charge in [-0.05, 0) is 91.3 Å². The number of rotatable bonds is 13. The Morgan fingerprint density at radius 1 is 0.415 bits per heavy atom. The zero-order chi connectivity index (χ0) is 44.4. The highest BCUT2D eigenvalue weighted by Crippen LogP contribution is 2.28.